The van der Waals surface area contributed by atoms with Crippen LogP contribution >= 0.6 is 0 Å². The van der Waals surface area contributed by atoms with Crippen molar-refractivity contribution in [3.63, 3.8) is 0 Å². The number of rotatable bonds is 4. The van der Waals surface area contributed by atoms with Crippen LogP contribution < -0.4 is 5.32 Å². The van der Waals surface area contributed by atoms with Gasteiger partial charge in [0, 0.05) is 19.2 Å². The van der Waals surface area contributed by atoms with Crippen LogP contribution in [0.5, 0.6) is 0 Å². The summed E-state index contributed by atoms with van der Waals surface area (Å²) in [7, 11) is 0. The molecule has 1 saturated heterocycles. The Kier molecular flexibility index (Phi) is 4.83. The first kappa shape index (κ1) is 13.3. The summed E-state index contributed by atoms with van der Waals surface area (Å²) in [6.07, 6.45) is 9.51. The lowest BCUT2D eigenvalue weighted by atomic mass is 9.94. The van der Waals surface area contributed by atoms with Crippen molar-refractivity contribution in [2.24, 2.45) is 0 Å². The molecule has 2 fully saturated rings. The smallest absolute Gasteiger partial charge is 0.0771 e. The van der Waals surface area contributed by atoms with Crippen LogP contribution in [0.1, 0.15) is 58.3 Å². The van der Waals surface area contributed by atoms with E-state index in [4.69, 9.17) is 4.74 Å². The Morgan fingerprint density at radius 1 is 1.24 bits per heavy atom. The maximum atomic E-state index is 10.5. The molecule has 0 spiro atoms. The molecule has 0 radical (unpaired) electrons. The normalized spacial score (nSPS) is 31.1. The molecule has 1 saturated carbocycles. The molecule has 2 unspecified atom stereocenters. The Hall–Kier alpha value is -0.120. The second kappa shape index (κ2) is 6.17. The van der Waals surface area contributed by atoms with E-state index in [9.17, 15) is 5.11 Å². The van der Waals surface area contributed by atoms with E-state index in [1.807, 2.05) is 0 Å². The third kappa shape index (κ3) is 3.94. The van der Waals surface area contributed by atoms with Crippen LogP contribution in [0.2, 0.25) is 0 Å². The average molecular weight is 241 g/mol. The van der Waals surface area contributed by atoms with Gasteiger partial charge in [0.05, 0.1) is 11.7 Å². The molecule has 0 aromatic heterocycles. The van der Waals surface area contributed by atoms with Crippen LogP contribution in [-0.2, 0) is 4.74 Å². The molecular formula is C14H27NO2. The highest BCUT2D eigenvalue weighted by atomic mass is 16.5. The van der Waals surface area contributed by atoms with Gasteiger partial charge in [-0.1, -0.05) is 25.7 Å². The molecule has 1 aliphatic heterocycles. The monoisotopic (exact) mass is 241 g/mol. The SMILES string of the molecule is CC(NCC1(O)CCCCCC1)C1CCCO1. The van der Waals surface area contributed by atoms with Gasteiger partial charge in [0.2, 0.25) is 0 Å². The zero-order valence-electron chi connectivity index (χ0n) is 11.1. The van der Waals surface area contributed by atoms with Crippen molar-refractivity contribution < 1.29 is 9.84 Å². The van der Waals surface area contributed by atoms with E-state index in [-0.39, 0.29) is 0 Å². The fraction of sp³-hybridized carbons (Fsp3) is 1.00. The van der Waals surface area contributed by atoms with Crippen molar-refractivity contribution >= 4 is 0 Å². The summed E-state index contributed by atoms with van der Waals surface area (Å²) in [5.74, 6) is 0. The number of aliphatic hydroxyl groups is 1. The molecule has 2 N–H and O–H groups in total. The summed E-state index contributed by atoms with van der Waals surface area (Å²) < 4.78 is 5.67. The standard InChI is InChI=1S/C14H27NO2/c1-12(13-7-6-10-17-13)15-11-14(16)8-4-2-3-5-9-14/h12-13,15-16H,2-11H2,1H3. The number of hydrogen-bond donors (Lipinski definition) is 2. The average Bonchev–Trinajstić information content (AvgIpc) is 2.77. The number of hydrogen-bond acceptors (Lipinski definition) is 3. The molecule has 1 heterocycles. The molecule has 3 nitrogen and oxygen atoms in total. The van der Waals surface area contributed by atoms with Crippen LogP contribution in [0.15, 0.2) is 0 Å². The molecule has 0 amide bonds. The summed E-state index contributed by atoms with van der Waals surface area (Å²) in [6, 6.07) is 0.366. The van der Waals surface area contributed by atoms with Crippen molar-refractivity contribution in [1.82, 2.24) is 5.32 Å². The van der Waals surface area contributed by atoms with Gasteiger partial charge in [0.15, 0.2) is 0 Å². The maximum Gasteiger partial charge on any atom is 0.0771 e. The van der Waals surface area contributed by atoms with Crippen LogP contribution in [0.4, 0.5) is 0 Å². The maximum absolute atomic E-state index is 10.5. The largest absolute Gasteiger partial charge is 0.389 e. The minimum Gasteiger partial charge on any atom is -0.389 e. The summed E-state index contributed by atoms with van der Waals surface area (Å²) >= 11 is 0. The number of ether oxygens (including phenoxy) is 1. The summed E-state index contributed by atoms with van der Waals surface area (Å²) in [4.78, 5) is 0. The van der Waals surface area contributed by atoms with Crippen LogP contribution in [-0.4, -0.2) is 36.0 Å². The van der Waals surface area contributed by atoms with Gasteiger partial charge in [0.1, 0.15) is 0 Å². The van der Waals surface area contributed by atoms with E-state index in [1.54, 1.807) is 0 Å². The van der Waals surface area contributed by atoms with E-state index in [0.29, 0.717) is 12.1 Å². The Morgan fingerprint density at radius 2 is 1.94 bits per heavy atom. The summed E-state index contributed by atoms with van der Waals surface area (Å²) in [5, 5.41) is 14.0. The zero-order valence-corrected chi connectivity index (χ0v) is 11.1. The van der Waals surface area contributed by atoms with Gasteiger partial charge in [-0.05, 0) is 32.6 Å². The fourth-order valence-corrected chi connectivity index (χ4v) is 3.04. The quantitative estimate of drug-likeness (QED) is 0.742. The third-order valence-corrected chi connectivity index (χ3v) is 4.31. The lowest BCUT2D eigenvalue weighted by Gasteiger charge is -2.30. The second-order valence-electron chi connectivity index (χ2n) is 5.86. The molecule has 100 valence electrons. The van der Waals surface area contributed by atoms with E-state index in [0.717, 1.165) is 32.4 Å². The highest BCUT2D eigenvalue weighted by molar-refractivity contribution is 4.86. The van der Waals surface area contributed by atoms with Gasteiger partial charge in [-0.15, -0.1) is 0 Å². The van der Waals surface area contributed by atoms with Gasteiger partial charge in [0.25, 0.3) is 0 Å². The van der Waals surface area contributed by atoms with Gasteiger partial charge >= 0.3 is 0 Å². The molecular weight excluding hydrogens is 214 g/mol. The van der Waals surface area contributed by atoms with Gasteiger partial charge in [-0.2, -0.15) is 0 Å². The predicted octanol–water partition coefficient (Wildman–Crippen LogP) is 2.23. The molecule has 2 rings (SSSR count). The Balaban J connectivity index is 1.75. The van der Waals surface area contributed by atoms with Crippen molar-refractivity contribution in [2.45, 2.75) is 76.0 Å². The Morgan fingerprint density at radius 3 is 2.53 bits per heavy atom. The van der Waals surface area contributed by atoms with E-state index in [1.165, 1.54) is 32.1 Å². The van der Waals surface area contributed by atoms with Crippen molar-refractivity contribution in [3.8, 4) is 0 Å². The zero-order chi connectivity index (χ0) is 12.1. The van der Waals surface area contributed by atoms with Crippen molar-refractivity contribution in [2.75, 3.05) is 13.2 Å². The second-order valence-corrected chi connectivity index (χ2v) is 5.86. The van der Waals surface area contributed by atoms with Gasteiger partial charge < -0.3 is 15.2 Å². The summed E-state index contributed by atoms with van der Waals surface area (Å²) in [5.41, 5.74) is -0.469. The van der Waals surface area contributed by atoms with Gasteiger partial charge in [-0.25, -0.2) is 0 Å². The molecule has 2 atom stereocenters. The molecule has 2 aliphatic rings. The topological polar surface area (TPSA) is 41.5 Å². The predicted molar refractivity (Wildman–Crippen MR) is 69.1 cm³/mol. The molecule has 0 bridgehead atoms. The lowest BCUT2D eigenvalue weighted by Crippen LogP contribution is -2.47. The van der Waals surface area contributed by atoms with E-state index < -0.39 is 5.60 Å². The molecule has 0 aromatic rings. The van der Waals surface area contributed by atoms with E-state index in [2.05, 4.69) is 12.2 Å². The molecule has 17 heavy (non-hydrogen) atoms. The highest BCUT2D eigenvalue weighted by Crippen LogP contribution is 2.26. The summed E-state index contributed by atoms with van der Waals surface area (Å²) in [6.45, 7) is 3.81. The Bertz CT molecular complexity index is 218. The Labute approximate surface area is 105 Å². The minimum atomic E-state index is -0.469. The van der Waals surface area contributed by atoms with Crippen LogP contribution in [0.25, 0.3) is 0 Å². The minimum absolute atomic E-state index is 0.351. The first-order valence-corrected chi connectivity index (χ1v) is 7.27. The third-order valence-electron chi connectivity index (χ3n) is 4.31. The highest BCUT2D eigenvalue weighted by Gasteiger charge is 2.30. The molecule has 0 aromatic carbocycles. The van der Waals surface area contributed by atoms with E-state index >= 15 is 0 Å². The van der Waals surface area contributed by atoms with Crippen LogP contribution in [0, 0.1) is 0 Å². The molecule has 1 aliphatic carbocycles. The van der Waals surface area contributed by atoms with Gasteiger partial charge in [-0.3, -0.25) is 0 Å². The van der Waals surface area contributed by atoms with Crippen LogP contribution in [0.3, 0.4) is 0 Å². The fourth-order valence-electron chi connectivity index (χ4n) is 3.04. The first-order valence-electron chi connectivity index (χ1n) is 7.27. The lowest BCUT2D eigenvalue weighted by molar-refractivity contribution is 0.0140. The molecule has 3 heteroatoms. The number of nitrogens with one attached hydrogen (secondary N) is 1. The van der Waals surface area contributed by atoms with Crippen molar-refractivity contribution in [1.29, 1.82) is 0 Å². The first-order chi connectivity index (χ1) is 8.20. The van der Waals surface area contributed by atoms with Crippen molar-refractivity contribution in [3.05, 3.63) is 0 Å².